The topological polar surface area (TPSA) is 137 Å². The van der Waals surface area contributed by atoms with E-state index < -0.39 is 11.9 Å². The van der Waals surface area contributed by atoms with Crippen molar-refractivity contribution in [3.63, 3.8) is 0 Å². The van der Waals surface area contributed by atoms with Crippen LogP contribution in [0.1, 0.15) is 61.9 Å². The number of hydrogen-bond acceptors (Lipinski definition) is 6. The summed E-state index contributed by atoms with van der Waals surface area (Å²) in [5, 5.41) is 6.53. The van der Waals surface area contributed by atoms with Crippen molar-refractivity contribution in [2.75, 3.05) is 11.9 Å². The van der Waals surface area contributed by atoms with Crippen molar-refractivity contribution in [1.29, 1.82) is 0 Å². The van der Waals surface area contributed by atoms with Gasteiger partial charge in [0.25, 0.3) is 5.91 Å². The summed E-state index contributed by atoms with van der Waals surface area (Å²) < 4.78 is 5.71. The van der Waals surface area contributed by atoms with E-state index in [0.717, 1.165) is 36.8 Å². The molecule has 0 aliphatic heterocycles. The lowest BCUT2D eigenvalue weighted by Gasteiger charge is -2.21. The lowest BCUT2D eigenvalue weighted by Crippen LogP contribution is -2.40. The summed E-state index contributed by atoms with van der Waals surface area (Å²) in [5.41, 5.74) is 12.4. The minimum Gasteiger partial charge on any atom is -0.461 e. The van der Waals surface area contributed by atoms with E-state index in [-0.39, 0.29) is 23.7 Å². The number of anilines is 1. The Morgan fingerprint density at radius 2 is 1.92 bits per heavy atom. The highest BCUT2D eigenvalue weighted by molar-refractivity contribution is 7.20. The number of urea groups is 1. The molecule has 0 spiro atoms. The Morgan fingerprint density at radius 1 is 1.19 bits per heavy atom. The first-order valence-electron chi connectivity index (χ1n) is 12.0. The number of primary amides is 2. The van der Waals surface area contributed by atoms with Crippen LogP contribution >= 0.6 is 22.9 Å². The number of nitrogens with one attached hydrogen (secondary N) is 2. The van der Waals surface area contributed by atoms with Gasteiger partial charge in [-0.1, -0.05) is 49.7 Å². The SMILES string of the molecule is CC(C)C[C@H](NC/C=C/c1ccc(-c2cc(C(N)=O)c(NC(N)=O)s2)cc1Cl)C(=O)OC1CCCC1. The molecule has 1 atom stereocenters. The maximum atomic E-state index is 12.7. The van der Waals surface area contributed by atoms with Crippen LogP contribution in [-0.2, 0) is 9.53 Å². The fourth-order valence-electron chi connectivity index (χ4n) is 4.12. The third-order valence-corrected chi connectivity index (χ3v) is 7.30. The number of thiophene rings is 1. The molecule has 1 aliphatic rings. The van der Waals surface area contributed by atoms with Gasteiger partial charge in [0.1, 0.15) is 17.1 Å². The van der Waals surface area contributed by atoms with Crippen molar-refractivity contribution in [2.45, 2.75) is 58.1 Å². The van der Waals surface area contributed by atoms with Crippen molar-refractivity contribution >= 4 is 51.9 Å². The third-order valence-electron chi connectivity index (χ3n) is 5.88. The summed E-state index contributed by atoms with van der Waals surface area (Å²) in [6, 6.07) is 5.97. The van der Waals surface area contributed by atoms with E-state index in [2.05, 4.69) is 24.5 Å². The molecule has 3 rings (SSSR count). The molecule has 0 unspecified atom stereocenters. The molecule has 1 saturated carbocycles. The number of rotatable bonds is 11. The lowest BCUT2D eigenvalue weighted by molar-refractivity contribution is -0.151. The fraction of sp³-hybridized carbons (Fsp3) is 0.423. The summed E-state index contributed by atoms with van der Waals surface area (Å²) in [6.45, 7) is 4.66. The molecule has 2 aromatic rings. The second-order valence-corrected chi connectivity index (χ2v) is 10.7. The van der Waals surface area contributed by atoms with Crippen molar-refractivity contribution in [1.82, 2.24) is 5.32 Å². The van der Waals surface area contributed by atoms with Gasteiger partial charge < -0.3 is 21.5 Å². The van der Waals surface area contributed by atoms with Gasteiger partial charge in [-0.3, -0.25) is 14.9 Å². The maximum Gasteiger partial charge on any atom is 0.323 e. The van der Waals surface area contributed by atoms with Gasteiger partial charge in [-0.25, -0.2) is 4.79 Å². The second kappa shape index (κ2) is 12.9. The number of carbonyl (C=O) groups excluding carboxylic acids is 3. The number of benzene rings is 1. The monoisotopic (exact) mass is 532 g/mol. The zero-order valence-electron chi connectivity index (χ0n) is 20.5. The molecule has 3 amide bonds. The van der Waals surface area contributed by atoms with Crippen molar-refractivity contribution in [3.8, 4) is 10.4 Å². The maximum absolute atomic E-state index is 12.7. The Labute approximate surface area is 220 Å². The van der Waals surface area contributed by atoms with E-state index >= 15 is 0 Å². The van der Waals surface area contributed by atoms with E-state index in [1.807, 2.05) is 24.3 Å². The van der Waals surface area contributed by atoms with Gasteiger partial charge in [-0.05, 0) is 61.3 Å². The van der Waals surface area contributed by atoms with Gasteiger partial charge in [-0.15, -0.1) is 11.3 Å². The van der Waals surface area contributed by atoms with Crippen LogP contribution in [0.15, 0.2) is 30.3 Å². The normalized spacial score (nSPS) is 14.9. The molecule has 1 heterocycles. The predicted molar refractivity (Wildman–Crippen MR) is 145 cm³/mol. The summed E-state index contributed by atoms with van der Waals surface area (Å²) >= 11 is 7.69. The minimum atomic E-state index is -0.777. The van der Waals surface area contributed by atoms with Crippen LogP contribution in [0.2, 0.25) is 5.02 Å². The molecule has 1 aliphatic carbocycles. The largest absolute Gasteiger partial charge is 0.461 e. The standard InChI is InChI=1S/C26H33ClN4O4S/c1-15(2)12-21(25(33)35-18-7-3-4-8-18)30-11-5-6-16-9-10-17(13-20(16)27)22-14-19(23(28)32)24(36-22)31-26(29)34/h5-6,9-10,13-15,18,21,30H,3-4,7-8,11-12H2,1-2H3,(H2,28,32)(H3,29,31,34)/b6-5+/t21-/m0/s1. The van der Waals surface area contributed by atoms with Crippen LogP contribution in [-0.4, -0.2) is 36.6 Å². The average Bonchev–Trinajstić information content (AvgIpc) is 3.46. The predicted octanol–water partition coefficient (Wildman–Crippen LogP) is 5.16. The fourth-order valence-corrected chi connectivity index (χ4v) is 5.43. The summed E-state index contributed by atoms with van der Waals surface area (Å²) in [4.78, 5) is 36.3. The zero-order valence-corrected chi connectivity index (χ0v) is 22.1. The quantitative estimate of drug-likeness (QED) is 0.296. The average molecular weight is 533 g/mol. The minimum absolute atomic E-state index is 0.0480. The number of amides is 3. The molecule has 1 aromatic carbocycles. The summed E-state index contributed by atoms with van der Waals surface area (Å²) in [5.74, 6) is -0.485. The molecule has 1 fully saturated rings. The molecule has 36 heavy (non-hydrogen) atoms. The van der Waals surface area contributed by atoms with Gasteiger partial charge in [0, 0.05) is 16.4 Å². The number of carbonyl (C=O) groups is 3. The molecule has 0 bridgehead atoms. The summed E-state index contributed by atoms with van der Waals surface area (Å²) in [6.07, 6.45) is 8.69. The molecule has 1 aromatic heterocycles. The van der Waals surface area contributed by atoms with E-state index in [1.165, 1.54) is 11.3 Å². The first-order chi connectivity index (χ1) is 17.1. The molecule has 10 heteroatoms. The lowest BCUT2D eigenvalue weighted by atomic mass is 10.0. The Hall–Kier alpha value is -2.88. The van der Waals surface area contributed by atoms with Crippen LogP contribution < -0.4 is 22.1 Å². The number of esters is 1. The Balaban J connectivity index is 1.64. The Morgan fingerprint density at radius 3 is 2.53 bits per heavy atom. The zero-order chi connectivity index (χ0) is 26.2. The van der Waals surface area contributed by atoms with Gasteiger partial charge in [0.2, 0.25) is 0 Å². The van der Waals surface area contributed by atoms with Gasteiger partial charge in [-0.2, -0.15) is 0 Å². The van der Waals surface area contributed by atoms with Crippen LogP contribution in [0.3, 0.4) is 0 Å². The van der Waals surface area contributed by atoms with Crippen molar-refractivity contribution < 1.29 is 19.1 Å². The van der Waals surface area contributed by atoms with Crippen LogP contribution in [0.4, 0.5) is 9.80 Å². The highest BCUT2D eigenvalue weighted by Gasteiger charge is 2.25. The van der Waals surface area contributed by atoms with Crippen molar-refractivity contribution in [3.05, 3.63) is 46.5 Å². The van der Waals surface area contributed by atoms with Gasteiger partial charge in [0.15, 0.2) is 0 Å². The van der Waals surface area contributed by atoms with Gasteiger partial charge in [0.05, 0.1) is 5.56 Å². The van der Waals surface area contributed by atoms with E-state index in [9.17, 15) is 14.4 Å². The summed E-state index contributed by atoms with van der Waals surface area (Å²) in [7, 11) is 0. The van der Waals surface area contributed by atoms with E-state index in [4.69, 9.17) is 27.8 Å². The third kappa shape index (κ3) is 7.81. The first kappa shape index (κ1) is 27.7. The second-order valence-electron chi connectivity index (χ2n) is 9.28. The molecular weight excluding hydrogens is 500 g/mol. The Kier molecular flexibility index (Phi) is 9.92. The number of hydrogen-bond donors (Lipinski definition) is 4. The van der Waals surface area contributed by atoms with Crippen LogP contribution in [0, 0.1) is 5.92 Å². The van der Waals surface area contributed by atoms with Crippen molar-refractivity contribution in [2.24, 2.45) is 17.4 Å². The number of ether oxygens (including phenoxy) is 1. The highest BCUT2D eigenvalue weighted by Crippen LogP contribution is 2.37. The number of nitrogens with two attached hydrogens (primary N) is 2. The molecule has 8 nitrogen and oxygen atoms in total. The molecule has 6 N–H and O–H groups in total. The van der Waals surface area contributed by atoms with Crippen LogP contribution in [0.25, 0.3) is 16.5 Å². The molecule has 0 saturated heterocycles. The molecular formula is C26H33ClN4O4S. The van der Waals surface area contributed by atoms with E-state index in [0.29, 0.717) is 33.8 Å². The van der Waals surface area contributed by atoms with Crippen LogP contribution in [0.5, 0.6) is 0 Å². The smallest absolute Gasteiger partial charge is 0.323 e. The Bertz CT molecular complexity index is 1130. The van der Waals surface area contributed by atoms with E-state index in [1.54, 1.807) is 12.1 Å². The molecule has 0 radical (unpaired) electrons. The van der Waals surface area contributed by atoms with Gasteiger partial charge >= 0.3 is 12.0 Å². The number of halogens is 1. The first-order valence-corrected chi connectivity index (χ1v) is 13.2. The highest BCUT2D eigenvalue weighted by atomic mass is 35.5. The molecule has 194 valence electrons.